The van der Waals surface area contributed by atoms with E-state index in [0.717, 1.165) is 0 Å². The van der Waals surface area contributed by atoms with Gasteiger partial charge < -0.3 is 4.74 Å². The highest BCUT2D eigenvalue weighted by molar-refractivity contribution is 9.10. The third-order valence-corrected chi connectivity index (χ3v) is 4.09. The number of nitrogens with zero attached hydrogens (tertiary/aromatic N) is 3. The third-order valence-electron chi connectivity index (χ3n) is 2.43. The van der Waals surface area contributed by atoms with Crippen LogP contribution in [0.1, 0.15) is 5.82 Å². The molecule has 0 aliphatic rings. The first kappa shape index (κ1) is 15.2. The summed E-state index contributed by atoms with van der Waals surface area (Å²) in [6, 6.07) is 2.84. The molecule has 0 fully saturated rings. The Hall–Kier alpha value is -1.16. The van der Waals surface area contributed by atoms with Gasteiger partial charge in [0, 0.05) is 11.5 Å². The summed E-state index contributed by atoms with van der Waals surface area (Å²) in [4.78, 5) is 3.77. The van der Waals surface area contributed by atoms with Crippen LogP contribution in [0.5, 0.6) is 5.75 Å². The van der Waals surface area contributed by atoms with Gasteiger partial charge in [-0.1, -0.05) is 27.5 Å². The molecule has 0 bridgehead atoms. The fourth-order valence-electron chi connectivity index (χ4n) is 1.48. The lowest BCUT2D eigenvalue weighted by molar-refractivity contribution is 0.282. The molecule has 10 heteroatoms. The number of halogens is 2. The number of hydrogen-bond acceptors (Lipinski definition) is 5. The second kappa shape index (κ2) is 5.68. The van der Waals surface area contributed by atoms with Crippen molar-refractivity contribution in [3.05, 3.63) is 33.8 Å². The van der Waals surface area contributed by atoms with Gasteiger partial charge in [0.2, 0.25) is 10.0 Å². The van der Waals surface area contributed by atoms with Gasteiger partial charge in [0.15, 0.2) is 11.6 Å². The van der Waals surface area contributed by atoms with E-state index in [1.54, 1.807) is 7.05 Å². The Balaban J connectivity index is 2.38. The molecule has 0 aliphatic carbocycles. The minimum absolute atomic E-state index is 0.0135. The summed E-state index contributed by atoms with van der Waals surface area (Å²) in [6.45, 7) is 0.0143. The van der Waals surface area contributed by atoms with Crippen molar-refractivity contribution in [3.8, 4) is 5.75 Å². The molecule has 0 amide bonds. The van der Waals surface area contributed by atoms with Gasteiger partial charge in [0.25, 0.3) is 0 Å². The van der Waals surface area contributed by atoms with Crippen LogP contribution in [0, 0.1) is 0 Å². The zero-order chi connectivity index (χ0) is 14.9. The minimum Gasteiger partial charge on any atom is -0.483 e. The molecule has 0 saturated heterocycles. The van der Waals surface area contributed by atoms with Crippen molar-refractivity contribution in [2.75, 3.05) is 0 Å². The maximum atomic E-state index is 11.6. The van der Waals surface area contributed by atoms with E-state index in [1.807, 2.05) is 0 Å². The Kier molecular flexibility index (Phi) is 4.33. The zero-order valence-corrected chi connectivity index (χ0v) is 13.4. The maximum Gasteiger partial charge on any atom is 0.241 e. The van der Waals surface area contributed by atoms with E-state index in [2.05, 4.69) is 26.0 Å². The monoisotopic (exact) mass is 380 g/mol. The van der Waals surface area contributed by atoms with E-state index in [4.69, 9.17) is 21.5 Å². The Morgan fingerprint density at radius 2 is 2.20 bits per heavy atom. The van der Waals surface area contributed by atoms with Crippen molar-refractivity contribution in [1.29, 1.82) is 0 Å². The number of benzene rings is 1. The van der Waals surface area contributed by atoms with Crippen molar-refractivity contribution >= 4 is 37.6 Å². The molecule has 108 valence electrons. The highest BCUT2D eigenvalue weighted by Gasteiger charge is 2.20. The summed E-state index contributed by atoms with van der Waals surface area (Å²) in [5.74, 6) is 0.504. The quantitative estimate of drug-likeness (QED) is 0.864. The summed E-state index contributed by atoms with van der Waals surface area (Å²) in [5.41, 5.74) is 0. The van der Waals surface area contributed by atoms with Gasteiger partial charge in [-0.2, -0.15) is 5.10 Å². The Morgan fingerprint density at radius 3 is 2.75 bits per heavy atom. The summed E-state index contributed by atoms with van der Waals surface area (Å²) in [6.07, 6.45) is 1.36. The molecule has 2 N–H and O–H groups in total. The molecule has 0 saturated carbocycles. The molecule has 1 aromatic carbocycles. The summed E-state index contributed by atoms with van der Waals surface area (Å²) >= 11 is 9.16. The number of aryl methyl sites for hydroxylation is 1. The lowest BCUT2D eigenvalue weighted by atomic mass is 10.3. The molecule has 1 heterocycles. The van der Waals surface area contributed by atoms with Crippen LogP contribution in [0.25, 0.3) is 0 Å². The molecule has 0 radical (unpaired) electrons. The van der Waals surface area contributed by atoms with Crippen LogP contribution in [0.4, 0.5) is 0 Å². The molecule has 7 nitrogen and oxygen atoms in total. The molecule has 2 aromatic rings. The molecule has 0 atom stereocenters. The van der Waals surface area contributed by atoms with E-state index in [9.17, 15) is 8.42 Å². The Bertz CT molecular complexity index is 747. The van der Waals surface area contributed by atoms with Crippen LogP contribution in [-0.2, 0) is 23.7 Å². The number of primary sulfonamides is 1. The molecular weight excluding hydrogens is 372 g/mol. The first-order valence-corrected chi connectivity index (χ1v) is 7.98. The first-order valence-electron chi connectivity index (χ1n) is 5.26. The van der Waals surface area contributed by atoms with Gasteiger partial charge in [0.05, 0.1) is 5.02 Å². The predicted molar refractivity (Wildman–Crippen MR) is 75.9 cm³/mol. The molecular formula is C10H10BrClN4O3S. The van der Waals surface area contributed by atoms with Gasteiger partial charge in [0.1, 0.15) is 17.8 Å². The average molecular weight is 382 g/mol. The number of aromatic nitrogens is 3. The third kappa shape index (κ3) is 3.29. The summed E-state index contributed by atoms with van der Waals surface area (Å²) in [7, 11) is -2.27. The SMILES string of the molecule is Cn1ncnc1COc1c(Cl)cc(Br)cc1S(N)(=O)=O. The van der Waals surface area contributed by atoms with Crippen LogP contribution in [0.15, 0.2) is 27.8 Å². The lowest BCUT2D eigenvalue weighted by Gasteiger charge is -2.12. The van der Waals surface area contributed by atoms with E-state index in [1.165, 1.54) is 23.1 Å². The summed E-state index contributed by atoms with van der Waals surface area (Å²) in [5, 5.41) is 9.16. The van der Waals surface area contributed by atoms with Gasteiger partial charge in [-0.25, -0.2) is 18.5 Å². The fraction of sp³-hybridized carbons (Fsp3) is 0.200. The summed E-state index contributed by atoms with van der Waals surface area (Å²) < 4.78 is 30.6. The number of nitrogens with two attached hydrogens (primary N) is 1. The number of ether oxygens (including phenoxy) is 1. The molecule has 0 aliphatic heterocycles. The lowest BCUT2D eigenvalue weighted by Crippen LogP contribution is -2.15. The molecule has 0 spiro atoms. The van der Waals surface area contributed by atoms with Crippen LogP contribution in [0.3, 0.4) is 0 Å². The first-order chi connectivity index (χ1) is 9.29. The molecule has 2 rings (SSSR count). The van der Waals surface area contributed by atoms with Gasteiger partial charge in [-0.15, -0.1) is 0 Å². The Labute approximate surface area is 128 Å². The van der Waals surface area contributed by atoms with Crippen LogP contribution < -0.4 is 9.88 Å². The number of sulfonamides is 1. The van der Waals surface area contributed by atoms with E-state index < -0.39 is 10.0 Å². The second-order valence-electron chi connectivity index (χ2n) is 3.85. The van der Waals surface area contributed by atoms with Crippen molar-refractivity contribution in [3.63, 3.8) is 0 Å². The van der Waals surface area contributed by atoms with Gasteiger partial charge >= 0.3 is 0 Å². The largest absolute Gasteiger partial charge is 0.483 e. The van der Waals surface area contributed by atoms with E-state index in [-0.39, 0.29) is 22.3 Å². The van der Waals surface area contributed by atoms with Crippen LogP contribution in [-0.4, -0.2) is 23.2 Å². The standard InChI is InChI=1S/C10H10BrClN4O3S/c1-16-9(14-5-15-16)4-19-10-7(12)2-6(11)3-8(10)20(13,17)18/h2-3,5H,4H2,1H3,(H2,13,17,18). The zero-order valence-electron chi connectivity index (χ0n) is 10.2. The van der Waals surface area contributed by atoms with Crippen LogP contribution >= 0.6 is 27.5 Å². The van der Waals surface area contributed by atoms with Crippen molar-refractivity contribution < 1.29 is 13.2 Å². The fourth-order valence-corrected chi connectivity index (χ4v) is 3.27. The topological polar surface area (TPSA) is 100 Å². The normalized spacial score (nSPS) is 11.6. The minimum atomic E-state index is -3.96. The van der Waals surface area contributed by atoms with Gasteiger partial charge in [-0.3, -0.25) is 4.68 Å². The van der Waals surface area contributed by atoms with Gasteiger partial charge in [-0.05, 0) is 12.1 Å². The van der Waals surface area contributed by atoms with E-state index in [0.29, 0.717) is 10.3 Å². The van der Waals surface area contributed by atoms with Crippen LogP contribution in [0.2, 0.25) is 5.02 Å². The van der Waals surface area contributed by atoms with E-state index >= 15 is 0 Å². The smallest absolute Gasteiger partial charge is 0.241 e. The molecule has 0 unspecified atom stereocenters. The highest BCUT2D eigenvalue weighted by atomic mass is 79.9. The number of hydrogen-bond donors (Lipinski definition) is 1. The molecule has 1 aromatic heterocycles. The second-order valence-corrected chi connectivity index (χ2v) is 6.70. The predicted octanol–water partition coefficient (Wildman–Crippen LogP) is 1.46. The molecule has 20 heavy (non-hydrogen) atoms. The average Bonchev–Trinajstić information content (AvgIpc) is 2.72. The Morgan fingerprint density at radius 1 is 1.50 bits per heavy atom. The van der Waals surface area contributed by atoms with Crippen molar-refractivity contribution in [2.24, 2.45) is 12.2 Å². The van der Waals surface area contributed by atoms with Crippen molar-refractivity contribution in [2.45, 2.75) is 11.5 Å². The highest BCUT2D eigenvalue weighted by Crippen LogP contribution is 2.35. The maximum absolute atomic E-state index is 11.6. The number of rotatable bonds is 4. The van der Waals surface area contributed by atoms with Crippen molar-refractivity contribution in [1.82, 2.24) is 14.8 Å².